The van der Waals surface area contributed by atoms with E-state index in [-0.39, 0.29) is 5.91 Å². The molecule has 0 bridgehead atoms. The summed E-state index contributed by atoms with van der Waals surface area (Å²) in [5.41, 5.74) is 8.62. The van der Waals surface area contributed by atoms with Crippen LogP contribution in [0, 0.1) is 6.92 Å². The second-order valence-electron chi connectivity index (χ2n) is 4.22. The zero-order valence-electron chi connectivity index (χ0n) is 10.5. The fourth-order valence-corrected chi connectivity index (χ4v) is 1.89. The number of benzene rings is 1. The third-order valence-electron chi connectivity index (χ3n) is 2.83. The lowest BCUT2D eigenvalue weighted by molar-refractivity contribution is 0.0952. The largest absolute Gasteiger partial charge is 0.398 e. The maximum absolute atomic E-state index is 12.0. The summed E-state index contributed by atoms with van der Waals surface area (Å²) < 4.78 is 0. The highest BCUT2D eigenvalue weighted by atomic mass is 35.5. The Bertz CT molecular complexity index is 613. The van der Waals surface area contributed by atoms with E-state index < -0.39 is 0 Å². The van der Waals surface area contributed by atoms with Crippen LogP contribution in [0.5, 0.6) is 0 Å². The number of hydrogen-bond acceptors (Lipinski definition) is 3. The van der Waals surface area contributed by atoms with Gasteiger partial charge in [0.25, 0.3) is 5.91 Å². The molecule has 19 heavy (non-hydrogen) atoms. The van der Waals surface area contributed by atoms with Crippen molar-refractivity contribution in [3.8, 4) is 0 Å². The van der Waals surface area contributed by atoms with Gasteiger partial charge in [0.15, 0.2) is 0 Å². The Kier molecular flexibility index (Phi) is 4.02. The molecule has 0 saturated carbocycles. The smallest absolute Gasteiger partial charge is 0.253 e. The molecule has 4 nitrogen and oxygen atoms in total. The van der Waals surface area contributed by atoms with Crippen molar-refractivity contribution in [1.82, 2.24) is 10.3 Å². The van der Waals surface area contributed by atoms with Gasteiger partial charge in [0.05, 0.1) is 5.56 Å². The lowest BCUT2D eigenvalue weighted by Crippen LogP contribution is -2.24. The van der Waals surface area contributed by atoms with Crippen molar-refractivity contribution in [3.63, 3.8) is 0 Å². The topological polar surface area (TPSA) is 68.0 Å². The second-order valence-corrected chi connectivity index (χ2v) is 4.65. The molecule has 0 aliphatic rings. The number of nitrogen functional groups attached to an aromatic ring is 1. The average molecular weight is 276 g/mol. The van der Waals surface area contributed by atoms with Gasteiger partial charge in [-0.3, -0.25) is 9.78 Å². The molecule has 1 aromatic carbocycles. The number of nitrogens with zero attached hydrogens (tertiary/aromatic N) is 1. The number of carbonyl (C=O) groups is 1. The Balaban J connectivity index is 2.08. The van der Waals surface area contributed by atoms with E-state index in [0.717, 1.165) is 11.1 Å². The second kappa shape index (κ2) is 5.71. The van der Waals surface area contributed by atoms with Crippen LogP contribution in [0.25, 0.3) is 0 Å². The molecular formula is C14H14ClN3O. The first kappa shape index (κ1) is 13.4. The Morgan fingerprint density at radius 3 is 2.89 bits per heavy atom. The van der Waals surface area contributed by atoms with Crippen LogP contribution in [0.2, 0.25) is 5.02 Å². The minimum Gasteiger partial charge on any atom is -0.398 e. The van der Waals surface area contributed by atoms with E-state index in [1.807, 2.05) is 13.0 Å². The maximum Gasteiger partial charge on any atom is 0.253 e. The van der Waals surface area contributed by atoms with Crippen LogP contribution in [-0.2, 0) is 6.54 Å². The van der Waals surface area contributed by atoms with E-state index in [9.17, 15) is 4.79 Å². The molecule has 2 rings (SSSR count). The zero-order valence-corrected chi connectivity index (χ0v) is 11.2. The summed E-state index contributed by atoms with van der Waals surface area (Å²) in [5, 5.41) is 3.34. The summed E-state index contributed by atoms with van der Waals surface area (Å²) in [6.45, 7) is 2.39. The predicted molar refractivity (Wildman–Crippen MR) is 76.0 cm³/mol. The molecule has 0 aliphatic heterocycles. The maximum atomic E-state index is 12.0. The molecule has 98 valence electrons. The van der Waals surface area contributed by atoms with Crippen LogP contribution in [0.4, 0.5) is 5.69 Å². The third-order valence-corrected chi connectivity index (χ3v) is 3.07. The highest BCUT2D eigenvalue weighted by Crippen LogP contribution is 2.18. The lowest BCUT2D eigenvalue weighted by Gasteiger charge is -2.09. The normalized spacial score (nSPS) is 10.2. The number of halogens is 1. The van der Waals surface area contributed by atoms with Gasteiger partial charge >= 0.3 is 0 Å². The molecule has 1 aromatic heterocycles. The monoisotopic (exact) mass is 275 g/mol. The van der Waals surface area contributed by atoms with Crippen molar-refractivity contribution in [3.05, 3.63) is 58.4 Å². The summed E-state index contributed by atoms with van der Waals surface area (Å²) in [7, 11) is 0. The molecule has 1 amide bonds. The minimum atomic E-state index is -0.217. The van der Waals surface area contributed by atoms with Crippen molar-refractivity contribution < 1.29 is 4.79 Å². The first-order valence-corrected chi connectivity index (χ1v) is 6.18. The van der Waals surface area contributed by atoms with Gasteiger partial charge in [-0.15, -0.1) is 0 Å². The van der Waals surface area contributed by atoms with Gasteiger partial charge in [-0.05, 0) is 42.3 Å². The number of amides is 1. The molecule has 2 aromatic rings. The molecule has 0 spiro atoms. The molecule has 0 unspecified atom stereocenters. The standard InChI is InChI=1S/C14H14ClN3O/c1-9-7-17-5-4-10(9)8-18-14(19)12-3-2-11(15)6-13(12)16/h2-7H,8,16H2,1H3,(H,18,19). The summed E-state index contributed by atoms with van der Waals surface area (Å²) in [6, 6.07) is 6.70. The van der Waals surface area contributed by atoms with Crippen molar-refractivity contribution >= 4 is 23.2 Å². The van der Waals surface area contributed by atoms with Crippen molar-refractivity contribution in [2.24, 2.45) is 0 Å². The summed E-state index contributed by atoms with van der Waals surface area (Å²) >= 11 is 5.80. The van der Waals surface area contributed by atoms with Crippen LogP contribution >= 0.6 is 11.6 Å². The Morgan fingerprint density at radius 1 is 1.42 bits per heavy atom. The summed E-state index contributed by atoms with van der Waals surface area (Å²) in [4.78, 5) is 16.0. The average Bonchev–Trinajstić information content (AvgIpc) is 2.37. The van der Waals surface area contributed by atoms with Crippen molar-refractivity contribution in [2.45, 2.75) is 13.5 Å². The Morgan fingerprint density at radius 2 is 2.21 bits per heavy atom. The molecule has 0 aliphatic carbocycles. The number of aryl methyl sites for hydroxylation is 1. The van der Waals surface area contributed by atoms with E-state index >= 15 is 0 Å². The Labute approximate surface area is 116 Å². The fraction of sp³-hybridized carbons (Fsp3) is 0.143. The molecule has 0 atom stereocenters. The molecule has 5 heteroatoms. The number of nitrogens with two attached hydrogens (primary N) is 1. The molecule has 0 radical (unpaired) electrons. The van der Waals surface area contributed by atoms with Crippen LogP contribution in [-0.4, -0.2) is 10.9 Å². The van der Waals surface area contributed by atoms with Gasteiger partial charge in [-0.25, -0.2) is 0 Å². The van der Waals surface area contributed by atoms with Crippen LogP contribution in [0.15, 0.2) is 36.7 Å². The number of aromatic nitrogens is 1. The quantitative estimate of drug-likeness (QED) is 0.846. The third kappa shape index (κ3) is 3.23. The SMILES string of the molecule is Cc1cnccc1CNC(=O)c1ccc(Cl)cc1N. The van der Waals surface area contributed by atoms with Gasteiger partial charge < -0.3 is 11.1 Å². The molecular weight excluding hydrogens is 262 g/mol. The number of nitrogens with one attached hydrogen (secondary N) is 1. The minimum absolute atomic E-state index is 0.217. The molecule has 0 fully saturated rings. The Hall–Kier alpha value is -2.07. The van der Waals surface area contributed by atoms with Gasteiger partial charge in [-0.1, -0.05) is 11.6 Å². The van der Waals surface area contributed by atoms with Crippen LogP contribution in [0.3, 0.4) is 0 Å². The first-order chi connectivity index (χ1) is 9.08. The lowest BCUT2D eigenvalue weighted by atomic mass is 10.1. The zero-order chi connectivity index (χ0) is 13.8. The molecule has 1 heterocycles. The predicted octanol–water partition coefficient (Wildman–Crippen LogP) is 2.56. The van der Waals surface area contributed by atoms with Crippen LogP contribution < -0.4 is 11.1 Å². The molecule has 0 saturated heterocycles. The van der Waals surface area contributed by atoms with E-state index in [1.165, 1.54) is 0 Å². The van der Waals surface area contributed by atoms with Gasteiger partial charge in [0.1, 0.15) is 0 Å². The van der Waals surface area contributed by atoms with E-state index in [4.69, 9.17) is 17.3 Å². The highest BCUT2D eigenvalue weighted by molar-refractivity contribution is 6.31. The summed E-state index contributed by atoms with van der Waals surface area (Å²) in [6.07, 6.45) is 3.46. The molecule has 3 N–H and O–H groups in total. The number of pyridine rings is 1. The summed E-state index contributed by atoms with van der Waals surface area (Å²) in [5.74, 6) is -0.217. The first-order valence-electron chi connectivity index (χ1n) is 5.80. The van der Waals surface area contributed by atoms with E-state index in [0.29, 0.717) is 22.8 Å². The van der Waals surface area contributed by atoms with Crippen molar-refractivity contribution in [2.75, 3.05) is 5.73 Å². The van der Waals surface area contributed by atoms with E-state index in [2.05, 4.69) is 10.3 Å². The van der Waals surface area contributed by atoms with Gasteiger partial charge in [0, 0.05) is 29.6 Å². The van der Waals surface area contributed by atoms with Crippen molar-refractivity contribution in [1.29, 1.82) is 0 Å². The van der Waals surface area contributed by atoms with Gasteiger partial charge in [-0.2, -0.15) is 0 Å². The number of hydrogen-bond donors (Lipinski definition) is 2. The fourth-order valence-electron chi connectivity index (χ4n) is 1.71. The number of anilines is 1. The number of carbonyl (C=O) groups excluding carboxylic acids is 1. The number of rotatable bonds is 3. The van der Waals surface area contributed by atoms with Crippen LogP contribution in [0.1, 0.15) is 21.5 Å². The van der Waals surface area contributed by atoms with E-state index in [1.54, 1.807) is 30.6 Å². The highest BCUT2D eigenvalue weighted by Gasteiger charge is 2.10. The van der Waals surface area contributed by atoms with Gasteiger partial charge in [0.2, 0.25) is 0 Å².